The minimum absolute atomic E-state index is 0.406. The third-order valence-electron chi connectivity index (χ3n) is 1.25. The van der Waals surface area contributed by atoms with Crippen molar-refractivity contribution in [3.8, 4) is 10.7 Å². The monoisotopic (exact) mass is 179 g/mol. The molecule has 6 heteroatoms. The van der Waals surface area contributed by atoms with Crippen LogP contribution in [0.2, 0.25) is 0 Å². The zero-order chi connectivity index (χ0) is 8.39. The van der Waals surface area contributed by atoms with Crippen molar-refractivity contribution in [2.75, 3.05) is 5.73 Å². The molecule has 0 aliphatic rings. The first kappa shape index (κ1) is 7.11. The summed E-state index contributed by atoms with van der Waals surface area (Å²) in [6.07, 6.45) is 4.56. The summed E-state index contributed by atoms with van der Waals surface area (Å²) in [5, 5.41) is 0.752. The van der Waals surface area contributed by atoms with Crippen LogP contribution >= 0.6 is 11.5 Å². The van der Waals surface area contributed by atoms with E-state index in [2.05, 4.69) is 19.3 Å². The van der Waals surface area contributed by atoms with Gasteiger partial charge < -0.3 is 5.73 Å². The Kier molecular flexibility index (Phi) is 1.67. The van der Waals surface area contributed by atoms with Gasteiger partial charge in [-0.15, -0.1) is 0 Å². The van der Waals surface area contributed by atoms with Crippen LogP contribution in [0.15, 0.2) is 18.7 Å². The molecule has 60 valence electrons. The third kappa shape index (κ3) is 1.24. The lowest BCUT2D eigenvalue weighted by Crippen LogP contribution is -1.91. The van der Waals surface area contributed by atoms with Crippen molar-refractivity contribution in [3.63, 3.8) is 0 Å². The Hall–Kier alpha value is -1.56. The van der Waals surface area contributed by atoms with Crippen molar-refractivity contribution in [3.05, 3.63) is 18.7 Å². The minimum atomic E-state index is 0.406. The van der Waals surface area contributed by atoms with Crippen LogP contribution in [0.1, 0.15) is 0 Å². The second-order valence-electron chi connectivity index (χ2n) is 2.07. The number of aromatic nitrogens is 4. The van der Waals surface area contributed by atoms with Crippen LogP contribution in [0.3, 0.4) is 0 Å². The number of nitrogen functional groups attached to an aromatic ring is 1. The Morgan fingerprint density at radius 2 is 2.08 bits per heavy atom. The molecule has 2 N–H and O–H groups in total. The van der Waals surface area contributed by atoms with Crippen LogP contribution in [-0.2, 0) is 0 Å². The first-order valence-corrected chi connectivity index (χ1v) is 3.98. The summed E-state index contributed by atoms with van der Waals surface area (Å²) in [5.41, 5.74) is 6.07. The largest absolute Gasteiger partial charge is 0.382 e. The van der Waals surface area contributed by atoms with E-state index in [0.717, 1.165) is 5.01 Å². The number of hydrogen-bond acceptors (Lipinski definition) is 6. The van der Waals surface area contributed by atoms with Gasteiger partial charge in [0.15, 0.2) is 5.01 Å². The van der Waals surface area contributed by atoms with E-state index in [0.29, 0.717) is 11.5 Å². The van der Waals surface area contributed by atoms with Crippen molar-refractivity contribution in [1.29, 1.82) is 0 Å². The Labute approximate surface area is 72.5 Å². The molecule has 0 amide bonds. The molecule has 2 aromatic rings. The zero-order valence-corrected chi connectivity index (χ0v) is 6.82. The van der Waals surface area contributed by atoms with Crippen molar-refractivity contribution < 1.29 is 0 Å². The van der Waals surface area contributed by atoms with Gasteiger partial charge in [0.2, 0.25) is 0 Å². The Bertz CT molecular complexity index is 354. The molecule has 2 rings (SSSR count). The highest BCUT2D eigenvalue weighted by atomic mass is 32.1. The number of rotatable bonds is 1. The molecule has 0 unspecified atom stereocenters. The molecule has 0 fully saturated rings. The first-order valence-electron chi connectivity index (χ1n) is 3.21. The Morgan fingerprint density at radius 3 is 2.67 bits per heavy atom. The maximum atomic E-state index is 5.37. The average Bonchev–Trinajstić information content (AvgIpc) is 2.58. The molecule has 0 aliphatic heterocycles. The highest BCUT2D eigenvalue weighted by Crippen LogP contribution is 2.15. The molecule has 0 bridgehead atoms. The molecule has 0 radical (unpaired) electrons. The molecule has 0 aromatic carbocycles. The SMILES string of the molecule is Nc1cnc(-c2ncns2)cn1. The second-order valence-corrected chi connectivity index (χ2v) is 2.85. The Morgan fingerprint density at radius 1 is 1.17 bits per heavy atom. The van der Waals surface area contributed by atoms with Crippen LogP contribution < -0.4 is 5.73 Å². The molecule has 2 aromatic heterocycles. The average molecular weight is 179 g/mol. The molecule has 0 atom stereocenters. The van der Waals surface area contributed by atoms with Gasteiger partial charge in [-0.3, -0.25) is 0 Å². The van der Waals surface area contributed by atoms with Crippen molar-refractivity contribution >= 4 is 17.4 Å². The van der Waals surface area contributed by atoms with Crippen LogP contribution in [-0.4, -0.2) is 19.3 Å². The fourth-order valence-electron chi connectivity index (χ4n) is 0.734. The third-order valence-corrected chi connectivity index (χ3v) is 1.94. The molecule has 0 saturated carbocycles. The van der Waals surface area contributed by atoms with E-state index in [1.165, 1.54) is 24.1 Å². The van der Waals surface area contributed by atoms with E-state index in [4.69, 9.17) is 5.73 Å². The standard InChI is InChI=1S/C6H5N5S/c7-5-2-8-4(1-9-5)6-10-3-11-12-6/h1-3H,(H2,7,9). The van der Waals surface area contributed by atoms with Gasteiger partial charge in [0.05, 0.1) is 12.4 Å². The van der Waals surface area contributed by atoms with Crippen LogP contribution in [0.25, 0.3) is 10.7 Å². The van der Waals surface area contributed by atoms with Crippen LogP contribution in [0.5, 0.6) is 0 Å². The highest BCUT2D eigenvalue weighted by Gasteiger charge is 2.01. The van der Waals surface area contributed by atoms with Crippen LogP contribution in [0, 0.1) is 0 Å². The highest BCUT2D eigenvalue weighted by molar-refractivity contribution is 7.09. The fraction of sp³-hybridized carbons (Fsp3) is 0. The van der Waals surface area contributed by atoms with Crippen molar-refractivity contribution in [2.24, 2.45) is 0 Å². The fourth-order valence-corrected chi connectivity index (χ4v) is 1.22. The van der Waals surface area contributed by atoms with Gasteiger partial charge >= 0.3 is 0 Å². The van der Waals surface area contributed by atoms with E-state index in [-0.39, 0.29) is 0 Å². The molecule has 12 heavy (non-hydrogen) atoms. The Balaban J connectivity index is 2.43. The smallest absolute Gasteiger partial charge is 0.163 e. The number of hydrogen-bond donors (Lipinski definition) is 1. The van der Waals surface area contributed by atoms with Gasteiger partial charge in [-0.1, -0.05) is 0 Å². The van der Waals surface area contributed by atoms with Crippen molar-refractivity contribution in [1.82, 2.24) is 19.3 Å². The van der Waals surface area contributed by atoms with E-state index >= 15 is 0 Å². The van der Waals surface area contributed by atoms with E-state index in [1.54, 1.807) is 6.20 Å². The first-order chi connectivity index (χ1) is 5.86. The molecular weight excluding hydrogens is 174 g/mol. The topological polar surface area (TPSA) is 77.6 Å². The van der Waals surface area contributed by atoms with Gasteiger partial charge in [0, 0.05) is 0 Å². The normalized spacial score (nSPS) is 10.0. The van der Waals surface area contributed by atoms with E-state index in [1.807, 2.05) is 0 Å². The number of anilines is 1. The lowest BCUT2D eigenvalue weighted by molar-refractivity contribution is 1.20. The van der Waals surface area contributed by atoms with Crippen molar-refractivity contribution in [2.45, 2.75) is 0 Å². The molecule has 5 nitrogen and oxygen atoms in total. The maximum Gasteiger partial charge on any atom is 0.163 e. The summed E-state index contributed by atoms with van der Waals surface area (Å²) < 4.78 is 3.85. The molecule has 0 saturated heterocycles. The lowest BCUT2D eigenvalue weighted by Gasteiger charge is -1.93. The van der Waals surface area contributed by atoms with Gasteiger partial charge in [0.25, 0.3) is 0 Å². The quantitative estimate of drug-likeness (QED) is 0.692. The molecule has 0 aliphatic carbocycles. The second kappa shape index (κ2) is 2.82. The van der Waals surface area contributed by atoms with Gasteiger partial charge in [-0.2, -0.15) is 4.37 Å². The van der Waals surface area contributed by atoms with E-state index in [9.17, 15) is 0 Å². The number of nitrogens with zero attached hydrogens (tertiary/aromatic N) is 4. The number of nitrogens with two attached hydrogens (primary N) is 1. The predicted molar refractivity (Wildman–Crippen MR) is 45.3 cm³/mol. The summed E-state index contributed by atoms with van der Waals surface area (Å²) in [4.78, 5) is 11.9. The summed E-state index contributed by atoms with van der Waals surface area (Å²) in [6, 6.07) is 0. The summed E-state index contributed by atoms with van der Waals surface area (Å²) >= 11 is 1.28. The van der Waals surface area contributed by atoms with E-state index < -0.39 is 0 Å². The molecule has 0 spiro atoms. The lowest BCUT2D eigenvalue weighted by atomic mass is 10.5. The van der Waals surface area contributed by atoms with Gasteiger partial charge in [-0.05, 0) is 11.5 Å². The van der Waals surface area contributed by atoms with Gasteiger partial charge in [0.1, 0.15) is 17.8 Å². The molecule has 2 heterocycles. The summed E-state index contributed by atoms with van der Waals surface area (Å²) in [7, 11) is 0. The maximum absolute atomic E-state index is 5.37. The summed E-state index contributed by atoms with van der Waals surface area (Å²) in [6.45, 7) is 0. The molecular formula is C6H5N5S. The minimum Gasteiger partial charge on any atom is -0.382 e. The van der Waals surface area contributed by atoms with Crippen LogP contribution in [0.4, 0.5) is 5.82 Å². The predicted octanol–water partition coefficient (Wildman–Crippen LogP) is 0.577. The van der Waals surface area contributed by atoms with Gasteiger partial charge in [-0.25, -0.2) is 15.0 Å². The summed E-state index contributed by atoms with van der Waals surface area (Å²) in [5.74, 6) is 0.406. The zero-order valence-electron chi connectivity index (χ0n) is 6.01.